The van der Waals surface area contributed by atoms with Crippen LogP contribution in [0.1, 0.15) is 23.2 Å². The maximum absolute atomic E-state index is 13.7. The van der Waals surface area contributed by atoms with Gasteiger partial charge in [-0.15, -0.1) is 0 Å². The molecule has 0 unspecified atom stereocenters. The third-order valence-corrected chi connectivity index (χ3v) is 6.63. The molecule has 4 heterocycles. The molecule has 10 heteroatoms. The Balaban J connectivity index is 1.26. The van der Waals surface area contributed by atoms with Crippen molar-refractivity contribution in [2.75, 3.05) is 36.8 Å². The van der Waals surface area contributed by atoms with E-state index >= 15 is 0 Å². The third kappa shape index (κ3) is 4.97. The van der Waals surface area contributed by atoms with Crippen molar-refractivity contribution in [2.45, 2.75) is 31.1 Å². The Bertz CT molecular complexity index is 1310. The summed E-state index contributed by atoms with van der Waals surface area (Å²) < 4.78 is 13.7. The number of nitrogens with one attached hydrogen (secondary N) is 2. The predicted molar refractivity (Wildman–Crippen MR) is 133 cm³/mol. The van der Waals surface area contributed by atoms with Gasteiger partial charge in [-0.3, -0.25) is 19.5 Å². The molecule has 5 rings (SSSR count). The van der Waals surface area contributed by atoms with Gasteiger partial charge in [0, 0.05) is 49.0 Å². The average molecular weight is 488 g/mol. The van der Waals surface area contributed by atoms with Crippen LogP contribution in [0.5, 0.6) is 0 Å². The van der Waals surface area contributed by atoms with Gasteiger partial charge in [0.25, 0.3) is 5.91 Å². The zero-order valence-corrected chi connectivity index (χ0v) is 19.6. The number of aromatic nitrogens is 2. The van der Waals surface area contributed by atoms with Gasteiger partial charge in [0.1, 0.15) is 18.0 Å². The number of hydrogen-bond donors (Lipinski definition) is 2. The standard InChI is InChI=1S/C26H26FN7O2/c27-17-12-19(13-28)34(14-17)24(35)16-33-11-8-18(15-33)31-22-7-6-21(25-20(22)4-3-10-30-25)26(36)32-23-5-1-2-9-29-23/h1-7,9-10,17-19,31H,8,11-12,14-16H2,(H,29,32,36)/t17-,18-,19-/m0/s1. The van der Waals surface area contributed by atoms with Crippen LogP contribution in [-0.4, -0.2) is 76.0 Å². The number of halogens is 1. The van der Waals surface area contributed by atoms with Crippen molar-refractivity contribution in [3.63, 3.8) is 0 Å². The van der Waals surface area contributed by atoms with Crippen LogP contribution in [0.15, 0.2) is 54.9 Å². The molecule has 2 amide bonds. The number of anilines is 2. The van der Waals surface area contributed by atoms with E-state index in [1.165, 1.54) is 4.90 Å². The molecule has 2 aliphatic heterocycles. The van der Waals surface area contributed by atoms with Crippen LogP contribution in [0.3, 0.4) is 0 Å². The minimum Gasteiger partial charge on any atom is -0.380 e. The number of carbonyl (C=O) groups is 2. The van der Waals surface area contributed by atoms with Crippen molar-refractivity contribution in [1.29, 1.82) is 5.26 Å². The molecule has 1 aromatic carbocycles. The lowest BCUT2D eigenvalue weighted by Crippen LogP contribution is -2.42. The van der Waals surface area contributed by atoms with Gasteiger partial charge < -0.3 is 15.5 Å². The number of fused-ring (bicyclic) bond motifs is 1. The fraction of sp³-hybridized carbons (Fsp3) is 0.346. The van der Waals surface area contributed by atoms with Gasteiger partial charge in [-0.25, -0.2) is 9.37 Å². The highest BCUT2D eigenvalue weighted by Crippen LogP contribution is 2.28. The molecule has 2 aliphatic rings. The number of amides is 2. The molecule has 2 aromatic heterocycles. The van der Waals surface area contributed by atoms with Crippen LogP contribution in [0.4, 0.5) is 15.9 Å². The number of likely N-dealkylation sites (tertiary alicyclic amines) is 2. The number of nitrogens with zero attached hydrogens (tertiary/aromatic N) is 5. The Hall–Kier alpha value is -4.10. The van der Waals surface area contributed by atoms with Gasteiger partial charge in [-0.2, -0.15) is 5.26 Å². The first-order valence-electron chi connectivity index (χ1n) is 11.9. The van der Waals surface area contributed by atoms with Crippen molar-refractivity contribution in [3.05, 3.63) is 60.4 Å². The minimum absolute atomic E-state index is 0.00811. The molecular formula is C26H26FN7O2. The lowest BCUT2D eigenvalue weighted by Gasteiger charge is -2.23. The van der Waals surface area contributed by atoms with Gasteiger partial charge >= 0.3 is 0 Å². The zero-order chi connectivity index (χ0) is 25.1. The Labute approximate surface area is 207 Å². The highest BCUT2D eigenvalue weighted by molar-refractivity contribution is 6.13. The number of carbonyl (C=O) groups excluding carboxylic acids is 2. The van der Waals surface area contributed by atoms with E-state index in [1.807, 2.05) is 29.2 Å². The monoisotopic (exact) mass is 487 g/mol. The first-order chi connectivity index (χ1) is 17.5. The fourth-order valence-electron chi connectivity index (χ4n) is 4.88. The first kappa shape index (κ1) is 23.6. The van der Waals surface area contributed by atoms with Crippen LogP contribution >= 0.6 is 0 Å². The summed E-state index contributed by atoms with van der Waals surface area (Å²) in [6.45, 7) is 1.51. The SMILES string of the molecule is N#C[C@@H]1C[C@H](F)CN1C(=O)CN1CC[C@H](Nc2ccc(C(=O)Nc3ccccn3)c3ncccc23)C1. The van der Waals surface area contributed by atoms with Crippen molar-refractivity contribution in [1.82, 2.24) is 19.8 Å². The van der Waals surface area contributed by atoms with Gasteiger partial charge in [-0.05, 0) is 42.8 Å². The highest BCUT2D eigenvalue weighted by Gasteiger charge is 2.36. The maximum Gasteiger partial charge on any atom is 0.259 e. The summed E-state index contributed by atoms with van der Waals surface area (Å²) in [5.41, 5.74) is 1.89. The second-order valence-electron chi connectivity index (χ2n) is 9.12. The van der Waals surface area contributed by atoms with Gasteiger partial charge in [0.05, 0.1) is 30.2 Å². The zero-order valence-electron chi connectivity index (χ0n) is 19.6. The van der Waals surface area contributed by atoms with Crippen LogP contribution in [0.2, 0.25) is 0 Å². The van der Waals surface area contributed by atoms with Gasteiger partial charge in [-0.1, -0.05) is 6.07 Å². The summed E-state index contributed by atoms with van der Waals surface area (Å²) in [5, 5.41) is 16.4. The molecule has 0 spiro atoms. The lowest BCUT2D eigenvalue weighted by atomic mass is 10.1. The number of benzene rings is 1. The fourth-order valence-corrected chi connectivity index (χ4v) is 4.88. The van der Waals surface area contributed by atoms with E-state index in [1.54, 1.807) is 36.7 Å². The molecular weight excluding hydrogens is 461 g/mol. The summed E-state index contributed by atoms with van der Waals surface area (Å²) in [6, 6.07) is 14.1. The van der Waals surface area contributed by atoms with Gasteiger partial charge in [0.15, 0.2) is 0 Å². The second kappa shape index (κ2) is 10.3. The number of alkyl halides is 1. The number of hydrogen-bond acceptors (Lipinski definition) is 7. The van der Waals surface area contributed by atoms with E-state index in [4.69, 9.17) is 0 Å². The molecule has 2 saturated heterocycles. The third-order valence-electron chi connectivity index (χ3n) is 6.63. The molecule has 0 radical (unpaired) electrons. The Kier molecular flexibility index (Phi) is 6.73. The summed E-state index contributed by atoms with van der Waals surface area (Å²) in [7, 11) is 0. The van der Waals surface area contributed by atoms with Crippen LogP contribution in [0, 0.1) is 11.3 Å². The number of rotatable bonds is 6. The molecule has 3 atom stereocenters. The molecule has 184 valence electrons. The summed E-state index contributed by atoms with van der Waals surface area (Å²) in [4.78, 5) is 37.6. The summed E-state index contributed by atoms with van der Waals surface area (Å²) >= 11 is 0. The molecule has 2 N–H and O–H groups in total. The quantitative estimate of drug-likeness (QED) is 0.550. The minimum atomic E-state index is -1.14. The first-order valence-corrected chi connectivity index (χ1v) is 11.9. The topological polar surface area (TPSA) is 114 Å². The van der Waals surface area contributed by atoms with Crippen molar-refractivity contribution < 1.29 is 14.0 Å². The molecule has 0 bridgehead atoms. The van der Waals surface area contributed by atoms with Crippen LogP contribution in [-0.2, 0) is 4.79 Å². The summed E-state index contributed by atoms with van der Waals surface area (Å²) in [5.74, 6) is -0.0330. The molecule has 9 nitrogen and oxygen atoms in total. The Morgan fingerprint density at radius 3 is 2.78 bits per heavy atom. The van der Waals surface area contributed by atoms with Crippen LogP contribution in [0.25, 0.3) is 10.9 Å². The van der Waals surface area contributed by atoms with E-state index in [9.17, 15) is 19.2 Å². The number of nitriles is 1. The van der Waals surface area contributed by atoms with Gasteiger partial charge in [0.2, 0.25) is 5.91 Å². The normalized spacial score (nSPS) is 21.9. The van der Waals surface area contributed by atoms with E-state index in [0.717, 1.165) is 17.5 Å². The molecule has 3 aromatic rings. The Morgan fingerprint density at radius 2 is 1.97 bits per heavy atom. The van der Waals surface area contributed by atoms with E-state index in [0.29, 0.717) is 30.0 Å². The summed E-state index contributed by atoms with van der Waals surface area (Å²) in [6.07, 6.45) is 3.04. The average Bonchev–Trinajstić information content (AvgIpc) is 3.50. The second-order valence-corrected chi connectivity index (χ2v) is 9.12. The van der Waals surface area contributed by atoms with E-state index < -0.39 is 12.2 Å². The molecule has 2 fully saturated rings. The van der Waals surface area contributed by atoms with E-state index in [2.05, 4.69) is 20.6 Å². The van der Waals surface area contributed by atoms with Crippen molar-refractivity contribution in [3.8, 4) is 6.07 Å². The predicted octanol–water partition coefficient (Wildman–Crippen LogP) is 2.83. The maximum atomic E-state index is 13.7. The molecule has 0 saturated carbocycles. The van der Waals surface area contributed by atoms with Crippen LogP contribution < -0.4 is 10.6 Å². The Morgan fingerprint density at radius 1 is 1.11 bits per heavy atom. The number of pyridine rings is 2. The molecule has 36 heavy (non-hydrogen) atoms. The van der Waals surface area contributed by atoms with E-state index in [-0.39, 0.29) is 37.4 Å². The highest BCUT2D eigenvalue weighted by atomic mass is 19.1. The molecule has 0 aliphatic carbocycles. The van der Waals surface area contributed by atoms with Crippen molar-refractivity contribution >= 4 is 34.2 Å². The largest absolute Gasteiger partial charge is 0.380 e. The lowest BCUT2D eigenvalue weighted by molar-refractivity contribution is -0.132. The van der Waals surface area contributed by atoms with Crippen molar-refractivity contribution in [2.24, 2.45) is 0 Å². The smallest absolute Gasteiger partial charge is 0.259 e.